The number of rotatable bonds is 5. The van der Waals surface area contributed by atoms with E-state index in [2.05, 4.69) is 65.0 Å². The van der Waals surface area contributed by atoms with Crippen molar-refractivity contribution in [1.29, 1.82) is 0 Å². The standard InChI is InChI=1S/C37H53NO4S/c1-23(2)26-14-19-37(32(39)40)21-20-35(6)28(31(26)37)12-13-30-34(5)17-15-27(33(3,4)29(34)16-18-36(30,35)7)24-10-9-11-25(22-24)43(41,42)38-8/h9-11,15,22,26,28-31,38H,1,12-14,16-21H2,2-8H3,(H,39,40). The quantitative estimate of drug-likeness (QED) is 0.330. The Morgan fingerprint density at radius 3 is 2.33 bits per heavy atom. The van der Waals surface area contributed by atoms with E-state index in [-0.39, 0.29) is 27.6 Å². The van der Waals surface area contributed by atoms with Gasteiger partial charge in [-0.25, -0.2) is 13.1 Å². The number of nitrogens with one attached hydrogen (secondary N) is 1. The maximum absolute atomic E-state index is 12.9. The fourth-order valence-corrected chi connectivity index (χ4v) is 13.3. The minimum absolute atomic E-state index is 0.102. The van der Waals surface area contributed by atoms with Gasteiger partial charge in [0, 0.05) is 0 Å². The molecule has 9 unspecified atom stereocenters. The molecule has 0 aromatic heterocycles. The largest absolute Gasteiger partial charge is 0.481 e. The smallest absolute Gasteiger partial charge is 0.309 e. The molecule has 0 heterocycles. The van der Waals surface area contributed by atoms with Gasteiger partial charge in [-0.1, -0.05) is 65.0 Å². The van der Waals surface area contributed by atoms with Gasteiger partial charge in [0.1, 0.15) is 0 Å². The summed E-state index contributed by atoms with van der Waals surface area (Å²) in [5, 5.41) is 10.6. The molecule has 0 aliphatic heterocycles. The van der Waals surface area contributed by atoms with E-state index in [4.69, 9.17) is 0 Å². The van der Waals surface area contributed by atoms with Crippen molar-refractivity contribution in [2.75, 3.05) is 7.05 Å². The molecule has 5 aliphatic carbocycles. The van der Waals surface area contributed by atoms with Gasteiger partial charge in [-0.15, -0.1) is 0 Å². The molecular weight excluding hydrogens is 554 g/mol. The number of sulfonamides is 1. The van der Waals surface area contributed by atoms with Crippen LogP contribution in [0, 0.1) is 56.7 Å². The molecule has 2 N–H and O–H groups in total. The van der Waals surface area contributed by atoms with E-state index in [0.717, 1.165) is 56.9 Å². The van der Waals surface area contributed by atoms with Gasteiger partial charge >= 0.3 is 5.97 Å². The predicted octanol–water partition coefficient (Wildman–Crippen LogP) is 8.33. The second-order valence-corrected chi connectivity index (χ2v) is 18.3. The van der Waals surface area contributed by atoms with Crippen LogP contribution in [0.1, 0.15) is 105 Å². The van der Waals surface area contributed by atoms with E-state index in [9.17, 15) is 18.3 Å². The van der Waals surface area contributed by atoms with E-state index in [1.54, 1.807) is 6.07 Å². The molecule has 9 atom stereocenters. The molecule has 6 rings (SSSR count). The molecule has 6 heteroatoms. The van der Waals surface area contributed by atoms with Crippen LogP contribution in [-0.2, 0) is 14.8 Å². The summed E-state index contributed by atoms with van der Waals surface area (Å²) in [6.07, 6.45) is 11.6. The SMILES string of the molecule is C=C(C)C1CCC2(C(=O)O)CCC3(C)C(CCC4C5(C)CC=C(c6cccc(S(=O)(=O)NC)c6)C(C)(C)C5CCC43C)C12. The molecular formula is C37H53NO4S. The summed E-state index contributed by atoms with van der Waals surface area (Å²) in [5.74, 6) is 1.41. The Morgan fingerprint density at radius 2 is 1.67 bits per heavy atom. The van der Waals surface area contributed by atoms with Gasteiger partial charge in [0.05, 0.1) is 10.3 Å². The van der Waals surface area contributed by atoms with Crippen molar-refractivity contribution in [3.63, 3.8) is 0 Å². The van der Waals surface area contributed by atoms with Gasteiger partial charge in [-0.2, -0.15) is 0 Å². The molecule has 236 valence electrons. The number of allylic oxidation sites excluding steroid dienone is 3. The fourth-order valence-electron chi connectivity index (χ4n) is 12.6. The van der Waals surface area contributed by atoms with Crippen LogP contribution in [0.5, 0.6) is 0 Å². The molecule has 5 nitrogen and oxygen atoms in total. The van der Waals surface area contributed by atoms with Gasteiger partial charge in [-0.05, 0) is 146 Å². The Hall–Kier alpha value is -1.92. The number of carbonyl (C=O) groups is 1. The first-order chi connectivity index (χ1) is 20.0. The lowest BCUT2D eigenvalue weighted by Gasteiger charge is -2.72. The van der Waals surface area contributed by atoms with Crippen molar-refractivity contribution in [1.82, 2.24) is 4.72 Å². The van der Waals surface area contributed by atoms with Crippen LogP contribution < -0.4 is 4.72 Å². The summed E-state index contributed by atoms with van der Waals surface area (Å²) in [6.45, 7) is 19.0. The van der Waals surface area contributed by atoms with Gasteiger partial charge < -0.3 is 5.11 Å². The van der Waals surface area contributed by atoms with Gasteiger partial charge in [0.25, 0.3) is 0 Å². The normalized spacial score (nSPS) is 43.4. The average Bonchev–Trinajstić information content (AvgIpc) is 3.35. The molecule has 0 saturated heterocycles. The maximum Gasteiger partial charge on any atom is 0.309 e. The summed E-state index contributed by atoms with van der Waals surface area (Å²) in [4.78, 5) is 13.3. The van der Waals surface area contributed by atoms with Gasteiger partial charge in [-0.3, -0.25) is 4.79 Å². The van der Waals surface area contributed by atoms with Crippen LogP contribution in [-0.4, -0.2) is 26.5 Å². The van der Waals surface area contributed by atoms with E-state index < -0.39 is 21.4 Å². The Morgan fingerprint density at radius 1 is 0.953 bits per heavy atom. The lowest BCUT2D eigenvalue weighted by molar-refractivity contribution is -0.227. The second-order valence-electron chi connectivity index (χ2n) is 16.4. The molecule has 0 radical (unpaired) electrons. The summed E-state index contributed by atoms with van der Waals surface area (Å²) in [6, 6.07) is 7.46. The summed E-state index contributed by atoms with van der Waals surface area (Å²) >= 11 is 0. The van der Waals surface area contributed by atoms with E-state index in [1.807, 2.05) is 12.1 Å². The minimum atomic E-state index is -3.52. The zero-order valence-electron chi connectivity index (χ0n) is 27.4. The number of aliphatic carboxylic acids is 1. The Balaban J connectivity index is 1.38. The second kappa shape index (κ2) is 9.79. The van der Waals surface area contributed by atoms with Crippen molar-refractivity contribution in [3.8, 4) is 0 Å². The fraction of sp³-hybridized carbons (Fsp3) is 0.703. The lowest BCUT2D eigenvalue weighted by atomic mass is 9.32. The highest BCUT2D eigenvalue weighted by Crippen LogP contribution is 2.77. The van der Waals surface area contributed by atoms with Crippen LogP contribution in [0.15, 0.2) is 47.4 Å². The zero-order chi connectivity index (χ0) is 31.4. The molecule has 0 spiro atoms. The number of carboxylic acids is 1. The first kappa shape index (κ1) is 31.1. The Labute approximate surface area is 260 Å². The van der Waals surface area contributed by atoms with Crippen molar-refractivity contribution in [2.45, 2.75) is 104 Å². The number of benzene rings is 1. The molecule has 1 aromatic rings. The monoisotopic (exact) mass is 607 g/mol. The van der Waals surface area contributed by atoms with E-state index in [1.165, 1.54) is 24.6 Å². The third-order valence-electron chi connectivity index (χ3n) is 14.8. The minimum Gasteiger partial charge on any atom is -0.481 e. The van der Waals surface area contributed by atoms with Crippen LogP contribution in [0.3, 0.4) is 0 Å². The highest BCUT2D eigenvalue weighted by molar-refractivity contribution is 7.89. The molecule has 4 fully saturated rings. The lowest BCUT2D eigenvalue weighted by Crippen LogP contribution is -2.65. The summed E-state index contributed by atoms with van der Waals surface area (Å²) in [5.41, 5.74) is 3.16. The Kier molecular flexibility index (Phi) is 7.07. The van der Waals surface area contributed by atoms with Crippen LogP contribution in [0.25, 0.3) is 5.57 Å². The first-order valence-electron chi connectivity index (χ1n) is 16.6. The molecule has 0 amide bonds. The molecule has 0 bridgehead atoms. The van der Waals surface area contributed by atoms with E-state index >= 15 is 0 Å². The van der Waals surface area contributed by atoms with Crippen LogP contribution in [0.2, 0.25) is 0 Å². The third-order valence-corrected chi connectivity index (χ3v) is 16.2. The van der Waals surface area contributed by atoms with Gasteiger partial charge in [0.15, 0.2) is 0 Å². The third kappa shape index (κ3) is 4.03. The van der Waals surface area contributed by atoms with E-state index in [0.29, 0.717) is 28.6 Å². The number of carboxylic acid groups (broad SMARTS) is 1. The molecule has 1 aromatic carbocycles. The van der Waals surface area contributed by atoms with Crippen molar-refractivity contribution < 1.29 is 18.3 Å². The summed E-state index contributed by atoms with van der Waals surface area (Å²) in [7, 11) is -2.06. The number of fused-ring (bicyclic) bond motifs is 7. The highest BCUT2D eigenvalue weighted by Gasteiger charge is 2.71. The molecule has 43 heavy (non-hydrogen) atoms. The maximum atomic E-state index is 12.9. The van der Waals surface area contributed by atoms with Crippen LogP contribution in [0.4, 0.5) is 0 Å². The van der Waals surface area contributed by atoms with Crippen molar-refractivity contribution in [3.05, 3.63) is 48.1 Å². The number of hydrogen-bond donors (Lipinski definition) is 2. The number of hydrogen-bond acceptors (Lipinski definition) is 3. The zero-order valence-corrected chi connectivity index (χ0v) is 28.2. The Bertz CT molecular complexity index is 1490. The topological polar surface area (TPSA) is 83.5 Å². The average molecular weight is 608 g/mol. The van der Waals surface area contributed by atoms with Crippen molar-refractivity contribution >= 4 is 21.6 Å². The van der Waals surface area contributed by atoms with Crippen molar-refractivity contribution in [2.24, 2.45) is 56.7 Å². The predicted molar refractivity (Wildman–Crippen MR) is 173 cm³/mol. The van der Waals surface area contributed by atoms with Crippen LogP contribution >= 0.6 is 0 Å². The first-order valence-corrected chi connectivity index (χ1v) is 18.1. The summed E-state index contributed by atoms with van der Waals surface area (Å²) < 4.78 is 27.7. The van der Waals surface area contributed by atoms with Gasteiger partial charge in [0.2, 0.25) is 10.0 Å². The molecule has 5 aliphatic rings. The molecule has 4 saturated carbocycles. The highest BCUT2D eigenvalue weighted by atomic mass is 32.2.